The Kier molecular flexibility index (Phi) is 4.71. The topological polar surface area (TPSA) is 108 Å². The molecule has 4 aromatic rings. The minimum absolute atomic E-state index is 0.00794. The lowest BCUT2D eigenvalue weighted by Crippen LogP contribution is -2.27. The van der Waals surface area contributed by atoms with Crippen LogP contribution in [0.2, 0.25) is 0 Å². The lowest BCUT2D eigenvalue weighted by Gasteiger charge is -2.16. The van der Waals surface area contributed by atoms with Crippen LogP contribution in [0.4, 0.5) is 23.4 Å². The van der Waals surface area contributed by atoms with E-state index in [1.54, 1.807) is 0 Å². The number of fused-ring (bicyclic) bond motifs is 6. The average Bonchev–Trinajstić information content (AvgIpc) is 3.43. The number of amides is 1. The third-order valence-electron chi connectivity index (χ3n) is 5.80. The molecule has 0 spiro atoms. The fourth-order valence-corrected chi connectivity index (χ4v) is 4.18. The number of halogens is 4. The number of anilines is 1. The van der Waals surface area contributed by atoms with E-state index in [2.05, 4.69) is 20.2 Å². The Morgan fingerprint density at radius 3 is 2.68 bits per heavy atom. The highest BCUT2D eigenvalue weighted by molar-refractivity contribution is 6.00. The molecule has 0 aliphatic carbocycles. The summed E-state index contributed by atoms with van der Waals surface area (Å²) in [5.74, 6) is -1.14. The van der Waals surface area contributed by atoms with Crippen molar-refractivity contribution in [3.8, 4) is 28.3 Å². The van der Waals surface area contributed by atoms with E-state index in [0.717, 1.165) is 10.9 Å². The van der Waals surface area contributed by atoms with E-state index in [9.17, 15) is 27.6 Å². The van der Waals surface area contributed by atoms with Crippen molar-refractivity contribution in [2.45, 2.75) is 25.6 Å². The highest BCUT2D eigenvalue weighted by Gasteiger charge is 2.39. The first kappa shape index (κ1) is 21.6. The number of carbonyl (C=O) groups excluding carboxylic acids is 1. The number of alkyl halides is 3. The molecule has 0 fully saturated rings. The van der Waals surface area contributed by atoms with Gasteiger partial charge in [0.05, 0.1) is 5.56 Å². The Balaban J connectivity index is 1.87. The summed E-state index contributed by atoms with van der Waals surface area (Å²) in [6, 6.07) is 3.46. The number of H-pyrrole nitrogens is 1. The zero-order valence-electron chi connectivity index (χ0n) is 17.9. The van der Waals surface area contributed by atoms with Crippen LogP contribution in [-0.4, -0.2) is 42.5 Å². The number of carbonyl (C=O) groups is 1. The third-order valence-corrected chi connectivity index (χ3v) is 5.80. The first-order valence-corrected chi connectivity index (χ1v) is 10.2. The molecule has 1 aliphatic rings. The molecule has 5 heterocycles. The van der Waals surface area contributed by atoms with E-state index in [4.69, 9.17) is 0 Å². The Labute approximate surface area is 189 Å². The van der Waals surface area contributed by atoms with Gasteiger partial charge in [-0.05, 0) is 12.5 Å². The van der Waals surface area contributed by atoms with E-state index in [1.807, 2.05) is 6.07 Å². The number of hydrogen-bond donors (Lipinski definition) is 1. The minimum Gasteiger partial charge on any atom is -0.316 e. The van der Waals surface area contributed by atoms with Crippen LogP contribution in [0.15, 0.2) is 18.5 Å². The van der Waals surface area contributed by atoms with Gasteiger partial charge < -0.3 is 4.98 Å². The number of nitrogens with one attached hydrogen (secondary N) is 1. The predicted molar refractivity (Wildman–Crippen MR) is 112 cm³/mol. The van der Waals surface area contributed by atoms with Gasteiger partial charge in [-0.2, -0.15) is 33.0 Å². The summed E-state index contributed by atoms with van der Waals surface area (Å²) in [6.45, 7) is 0.00859. The summed E-state index contributed by atoms with van der Waals surface area (Å²) in [4.78, 5) is 20.7. The maximum atomic E-state index is 15.0. The fourth-order valence-electron chi connectivity index (χ4n) is 4.18. The molecule has 0 aromatic carbocycles. The van der Waals surface area contributed by atoms with Crippen molar-refractivity contribution in [2.75, 3.05) is 11.9 Å². The molecular weight excluding hydrogens is 456 g/mol. The Morgan fingerprint density at radius 2 is 1.97 bits per heavy atom. The van der Waals surface area contributed by atoms with Crippen molar-refractivity contribution in [2.24, 2.45) is 7.05 Å². The molecule has 1 amide bonds. The van der Waals surface area contributed by atoms with Crippen molar-refractivity contribution in [1.29, 1.82) is 5.26 Å². The average molecular weight is 472 g/mol. The number of rotatable bonds is 0. The number of aromatic nitrogens is 6. The second kappa shape index (κ2) is 7.41. The Hall–Kier alpha value is -4.21. The molecular formula is C21H16F4N8O. The van der Waals surface area contributed by atoms with Gasteiger partial charge in [0.25, 0.3) is 0 Å². The summed E-state index contributed by atoms with van der Waals surface area (Å²) in [5.41, 5.74) is -1.30. The van der Waals surface area contributed by atoms with E-state index in [0.29, 0.717) is 5.56 Å². The minimum atomic E-state index is -4.84. The molecule has 0 saturated heterocycles. The van der Waals surface area contributed by atoms with Crippen molar-refractivity contribution < 1.29 is 22.4 Å². The molecule has 0 unspecified atom stereocenters. The summed E-state index contributed by atoms with van der Waals surface area (Å²) in [6.07, 6.45) is -2.19. The van der Waals surface area contributed by atoms with Crippen molar-refractivity contribution in [3.05, 3.63) is 35.8 Å². The van der Waals surface area contributed by atoms with E-state index < -0.39 is 23.4 Å². The van der Waals surface area contributed by atoms with Crippen molar-refractivity contribution in [3.63, 3.8) is 0 Å². The van der Waals surface area contributed by atoms with Gasteiger partial charge in [0, 0.05) is 61.5 Å². The van der Waals surface area contributed by atoms with Crippen LogP contribution in [0.1, 0.15) is 24.2 Å². The van der Waals surface area contributed by atoms with Crippen LogP contribution in [0.25, 0.3) is 33.3 Å². The monoisotopic (exact) mass is 472 g/mol. The second-order valence-electron chi connectivity index (χ2n) is 7.93. The third kappa shape index (κ3) is 3.21. The Morgan fingerprint density at radius 1 is 1.21 bits per heavy atom. The molecule has 4 aromatic heterocycles. The van der Waals surface area contributed by atoms with E-state index in [1.165, 1.54) is 35.9 Å². The van der Waals surface area contributed by atoms with Gasteiger partial charge >= 0.3 is 6.18 Å². The molecule has 174 valence electrons. The molecule has 9 nitrogen and oxygen atoms in total. The maximum Gasteiger partial charge on any atom is 0.435 e. The number of aromatic amines is 1. The summed E-state index contributed by atoms with van der Waals surface area (Å²) in [7, 11) is 3.04. The number of nitriles is 1. The molecule has 1 aliphatic heterocycles. The van der Waals surface area contributed by atoms with Crippen LogP contribution >= 0.6 is 0 Å². The summed E-state index contributed by atoms with van der Waals surface area (Å²) in [5, 5.41) is 17.7. The first-order chi connectivity index (χ1) is 16.1. The second-order valence-corrected chi connectivity index (χ2v) is 7.93. The molecule has 1 N–H and O–H groups in total. The summed E-state index contributed by atoms with van der Waals surface area (Å²) < 4.78 is 58.8. The SMILES string of the molecule is CN1C(=O)CCCn2cc(c(C(F)(F)F)n2)-c2c(F)[nH]c3ncc(cc23)-c2c1nn(C)c2C#N. The normalized spacial score (nSPS) is 14.4. The fraction of sp³-hybridized carbons (Fsp3) is 0.286. The lowest BCUT2D eigenvalue weighted by atomic mass is 10.0. The van der Waals surface area contributed by atoms with Gasteiger partial charge in [0.2, 0.25) is 11.9 Å². The molecule has 13 heteroatoms. The van der Waals surface area contributed by atoms with Crippen LogP contribution in [0.5, 0.6) is 0 Å². The highest BCUT2D eigenvalue weighted by Crippen LogP contribution is 2.42. The van der Waals surface area contributed by atoms with Crippen LogP contribution in [0.3, 0.4) is 0 Å². The first-order valence-electron chi connectivity index (χ1n) is 10.2. The van der Waals surface area contributed by atoms with E-state index in [-0.39, 0.29) is 59.0 Å². The van der Waals surface area contributed by atoms with E-state index >= 15 is 0 Å². The quantitative estimate of drug-likeness (QED) is 0.394. The molecule has 4 bridgehead atoms. The zero-order chi connectivity index (χ0) is 24.4. The maximum absolute atomic E-state index is 15.0. The predicted octanol–water partition coefficient (Wildman–Crippen LogP) is 3.61. The van der Waals surface area contributed by atoms with Crippen LogP contribution < -0.4 is 4.90 Å². The molecule has 34 heavy (non-hydrogen) atoms. The van der Waals surface area contributed by atoms with Gasteiger partial charge in [0.1, 0.15) is 17.4 Å². The van der Waals surface area contributed by atoms with Crippen LogP contribution in [0, 0.1) is 17.3 Å². The number of pyridine rings is 1. The number of nitrogens with zero attached hydrogens (tertiary/aromatic N) is 7. The number of aryl methyl sites for hydroxylation is 2. The molecule has 0 radical (unpaired) electrons. The summed E-state index contributed by atoms with van der Waals surface area (Å²) >= 11 is 0. The van der Waals surface area contributed by atoms with Gasteiger partial charge in [-0.1, -0.05) is 0 Å². The Bertz CT molecular complexity index is 1500. The largest absolute Gasteiger partial charge is 0.435 e. The molecule has 5 rings (SSSR count). The van der Waals surface area contributed by atoms with Crippen molar-refractivity contribution >= 4 is 22.8 Å². The zero-order valence-corrected chi connectivity index (χ0v) is 17.9. The van der Waals surface area contributed by atoms with Gasteiger partial charge in [-0.25, -0.2) is 4.98 Å². The number of hydrogen-bond acceptors (Lipinski definition) is 5. The standard InChI is InChI=1S/C21H16F4N8O/c1-31-14(34)4-3-5-33-9-12(17(29-33)21(23,24)25)16-11-6-10(8-27-19(11)28-18(16)22)15-13(7-26)32(2)30-20(15)31/h6,8-9H,3-5H2,1-2H3,(H,27,28). The molecule has 0 saturated carbocycles. The van der Waals surface area contributed by atoms with Crippen LogP contribution in [-0.2, 0) is 24.6 Å². The lowest BCUT2D eigenvalue weighted by molar-refractivity contribution is -0.141. The smallest absolute Gasteiger partial charge is 0.316 e. The van der Waals surface area contributed by atoms with Gasteiger partial charge in [-0.15, -0.1) is 0 Å². The van der Waals surface area contributed by atoms with Crippen molar-refractivity contribution in [1.82, 2.24) is 29.5 Å². The van der Waals surface area contributed by atoms with Gasteiger partial charge in [-0.3, -0.25) is 19.1 Å². The molecule has 0 atom stereocenters. The highest BCUT2D eigenvalue weighted by atomic mass is 19.4. The van der Waals surface area contributed by atoms with Gasteiger partial charge in [0.15, 0.2) is 11.5 Å².